The highest BCUT2D eigenvalue weighted by Gasteiger charge is 2.47. The first-order valence-electron chi connectivity index (χ1n) is 10.3. The number of hydrogen-bond donors (Lipinski definition) is 0. The molecule has 0 aromatic heterocycles. The highest BCUT2D eigenvalue weighted by atomic mass is 15.2. The molecule has 23 heavy (non-hydrogen) atoms. The van der Waals surface area contributed by atoms with Gasteiger partial charge in [-0.25, -0.2) is 0 Å². The summed E-state index contributed by atoms with van der Waals surface area (Å²) in [6, 6.07) is 2.31. The summed E-state index contributed by atoms with van der Waals surface area (Å²) in [5.41, 5.74) is 0.414. The van der Waals surface area contributed by atoms with Crippen molar-refractivity contribution in [2.24, 2.45) is 17.3 Å². The van der Waals surface area contributed by atoms with Crippen molar-refractivity contribution in [2.45, 2.75) is 98.2 Å². The molecule has 2 rings (SSSR count). The molecule has 0 radical (unpaired) electrons. The fourth-order valence-corrected chi connectivity index (χ4v) is 6.21. The second-order valence-electron chi connectivity index (χ2n) is 8.89. The summed E-state index contributed by atoms with van der Waals surface area (Å²) in [6.45, 7) is 17.3. The Bertz CT molecular complexity index is 365. The van der Waals surface area contributed by atoms with Gasteiger partial charge in [-0.05, 0) is 75.9 Å². The van der Waals surface area contributed by atoms with E-state index in [9.17, 15) is 0 Å². The van der Waals surface area contributed by atoms with Crippen molar-refractivity contribution in [3.63, 3.8) is 0 Å². The molecule has 136 valence electrons. The van der Waals surface area contributed by atoms with E-state index in [1.54, 1.807) is 0 Å². The molecule has 0 N–H and O–H groups in total. The Morgan fingerprint density at radius 3 is 2.17 bits per heavy atom. The lowest BCUT2D eigenvalue weighted by molar-refractivity contribution is -0.0610. The third kappa shape index (κ3) is 3.63. The molecule has 5 atom stereocenters. The molecule has 0 amide bonds. The van der Waals surface area contributed by atoms with E-state index >= 15 is 0 Å². The first-order valence-corrected chi connectivity index (χ1v) is 10.3. The van der Waals surface area contributed by atoms with Crippen molar-refractivity contribution in [3.8, 4) is 0 Å². The zero-order valence-corrected chi connectivity index (χ0v) is 16.9. The molecule has 0 bridgehead atoms. The van der Waals surface area contributed by atoms with Crippen LogP contribution in [0, 0.1) is 17.3 Å². The predicted octanol–water partition coefficient (Wildman–Crippen LogP) is 5.03. The molecular weight excluding hydrogens is 280 g/mol. The lowest BCUT2D eigenvalue weighted by atomic mass is 9.62. The maximum atomic E-state index is 2.77. The first kappa shape index (κ1) is 19.2. The van der Waals surface area contributed by atoms with Crippen LogP contribution in [0.4, 0.5) is 0 Å². The number of likely N-dealkylation sites (tertiary alicyclic amines) is 2. The van der Waals surface area contributed by atoms with Crippen LogP contribution in [0.3, 0.4) is 0 Å². The molecule has 0 spiro atoms. The van der Waals surface area contributed by atoms with Crippen LogP contribution < -0.4 is 0 Å². The monoisotopic (exact) mass is 322 g/mol. The maximum absolute atomic E-state index is 2.77. The standard InChI is InChI=1S/C21H42N2/c1-8-18-16(4)13-14-20(22(18)7)21(5,6)17-12-11-15-23(10-3)19(17)9-2/h16-20H,8-15H2,1-7H3/t16-,17?,18-,19?,20?/m0/s1. The largest absolute Gasteiger partial charge is 0.300 e. The average Bonchev–Trinajstić information content (AvgIpc) is 2.54. The summed E-state index contributed by atoms with van der Waals surface area (Å²) in [5, 5.41) is 0. The summed E-state index contributed by atoms with van der Waals surface area (Å²) >= 11 is 0. The van der Waals surface area contributed by atoms with E-state index in [-0.39, 0.29) is 0 Å². The van der Waals surface area contributed by atoms with Gasteiger partial charge in [0.15, 0.2) is 0 Å². The molecular formula is C21H42N2. The van der Waals surface area contributed by atoms with Gasteiger partial charge in [0.1, 0.15) is 0 Å². The molecule has 0 saturated carbocycles. The highest BCUT2D eigenvalue weighted by molar-refractivity contribution is 5.00. The smallest absolute Gasteiger partial charge is 0.0150 e. The van der Waals surface area contributed by atoms with Crippen LogP contribution in [0.15, 0.2) is 0 Å². The molecule has 2 heteroatoms. The fourth-order valence-electron chi connectivity index (χ4n) is 6.21. The van der Waals surface area contributed by atoms with Crippen LogP contribution in [0.5, 0.6) is 0 Å². The second-order valence-corrected chi connectivity index (χ2v) is 8.89. The van der Waals surface area contributed by atoms with E-state index in [1.165, 1.54) is 51.6 Å². The van der Waals surface area contributed by atoms with Crippen molar-refractivity contribution >= 4 is 0 Å². The van der Waals surface area contributed by atoms with Crippen molar-refractivity contribution in [3.05, 3.63) is 0 Å². The highest BCUT2D eigenvalue weighted by Crippen LogP contribution is 2.47. The van der Waals surface area contributed by atoms with Gasteiger partial charge >= 0.3 is 0 Å². The minimum atomic E-state index is 0.414. The number of hydrogen-bond acceptors (Lipinski definition) is 2. The zero-order valence-electron chi connectivity index (χ0n) is 16.9. The molecule has 2 saturated heterocycles. The summed E-state index contributed by atoms with van der Waals surface area (Å²) in [5.74, 6) is 1.71. The van der Waals surface area contributed by atoms with Gasteiger partial charge < -0.3 is 4.90 Å². The number of piperidine rings is 2. The molecule has 2 nitrogen and oxygen atoms in total. The van der Waals surface area contributed by atoms with Gasteiger partial charge in [0, 0.05) is 18.1 Å². The van der Waals surface area contributed by atoms with Gasteiger partial charge in [-0.1, -0.05) is 41.5 Å². The van der Waals surface area contributed by atoms with E-state index in [2.05, 4.69) is 58.4 Å². The van der Waals surface area contributed by atoms with Gasteiger partial charge in [0.25, 0.3) is 0 Å². The second kappa shape index (κ2) is 7.87. The fraction of sp³-hybridized carbons (Fsp3) is 1.00. The van der Waals surface area contributed by atoms with Crippen LogP contribution in [0.25, 0.3) is 0 Å². The van der Waals surface area contributed by atoms with E-state index < -0.39 is 0 Å². The third-order valence-electron chi connectivity index (χ3n) is 7.52. The van der Waals surface area contributed by atoms with Crippen LogP contribution >= 0.6 is 0 Å². The Hall–Kier alpha value is -0.0800. The Kier molecular flexibility index (Phi) is 6.58. The van der Waals surface area contributed by atoms with E-state index in [4.69, 9.17) is 0 Å². The van der Waals surface area contributed by atoms with Crippen molar-refractivity contribution < 1.29 is 0 Å². The SMILES string of the molecule is CCC1C(C(C)(C)C2CC[C@H](C)[C@H](CC)N2C)CCCN1CC. The van der Waals surface area contributed by atoms with Gasteiger partial charge in [-0.2, -0.15) is 0 Å². The van der Waals surface area contributed by atoms with E-state index in [1.807, 2.05) is 0 Å². The molecule has 2 fully saturated rings. The van der Waals surface area contributed by atoms with Crippen molar-refractivity contribution in [1.82, 2.24) is 9.80 Å². The normalized spacial score (nSPS) is 38.0. The summed E-state index contributed by atoms with van der Waals surface area (Å²) in [6.07, 6.45) is 8.23. The minimum absolute atomic E-state index is 0.414. The molecule has 0 aromatic rings. The summed E-state index contributed by atoms with van der Waals surface area (Å²) in [4.78, 5) is 5.53. The van der Waals surface area contributed by atoms with Gasteiger partial charge in [-0.15, -0.1) is 0 Å². The predicted molar refractivity (Wildman–Crippen MR) is 102 cm³/mol. The molecule has 2 heterocycles. The topological polar surface area (TPSA) is 6.48 Å². The van der Waals surface area contributed by atoms with Crippen molar-refractivity contribution in [2.75, 3.05) is 20.1 Å². The molecule has 0 aromatic carbocycles. The molecule has 2 aliphatic rings. The lowest BCUT2D eigenvalue weighted by Gasteiger charge is -2.56. The molecule has 3 unspecified atom stereocenters. The minimum Gasteiger partial charge on any atom is -0.300 e. The molecule has 0 aliphatic carbocycles. The van der Waals surface area contributed by atoms with Crippen molar-refractivity contribution in [1.29, 1.82) is 0 Å². The quantitative estimate of drug-likeness (QED) is 0.700. The Morgan fingerprint density at radius 2 is 1.61 bits per heavy atom. The Balaban J connectivity index is 2.21. The average molecular weight is 323 g/mol. The van der Waals surface area contributed by atoms with Gasteiger partial charge in [-0.3, -0.25) is 4.90 Å². The van der Waals surface area contributed by atoms with E-state index in [0.717, 1.165) is 30.0 Å². The summed E-state index contributed by atoms with van der Waals surface area (Å²) < 4.78 is 0. The first-order chi connectivity index (χ1) is 10.9. The number of rotatable bonds is 5. The Labute approximate surface area is 146 Å². The van der Waals surface area contributed by atoms with Crippen LogP contribution in [0.2, 0.25) is 0 Å². The van der Waals surface area contributed by atoms with Gasteiger partial charge in [0.2, 0.25) is 0 Å². The maximum Gasteiger partial charge on any atom is 0.0150 e. The molecule has 2 aliphatic heterocycles. The lowest BCUT2D eigenvalue weighted by Crippen LogP contribution is -2.59. The van der Waals surface area contributed by atoms with E-state index in [0.29, 0.717) is 5.41 Å². The Morgan fingerprint density at radius 1 is 0.957 bits per heavy atom. The van der Waals surface area contributed by atoms with Crippen LogP contribution in [0.1, 0.15) is 80.1 Å². The van der Waals surface area contributed by atoms with Crippen LogP contribution in [-0.2, 0) is 0 Å². The third-order valence-corrected chi connectivity index (χ3v) is 7.52. The van der Waals surface area contributed by atoms with Crippen LogP contribution in [-0.4, -0.2) is 48.1 Å². The zero-order chi connectivity index (χ0) is 17.2. The summed E-state index contributed by atoms with van der Waals surface area (Å²) in [7, 11) is 2.41. The number of nitrogens with zero attached hydrogens (tertiary/aromatic N) is 2. The van der Waals surface area contributed by atoms with Gasteiger partial charge in [0.05, 0.1) is 0 Å².